The summed E-state index contributed by atoms with van der Waals surface area (Å²) in [6, 6.07) is 12.4. The largest absolute Gasteiger partial charge is 0.334 e. The highest BCUT2D eigenvalue weighted by molar-refractivity contribution is 5.92. The van der Waals surface area contributed by atoms with Crippen molar-refractivity contribution in [3.8, 4) is 0 Å². The SMILES string of the molecule is C[C@@H]1CN(C(=O)/C=C/c2ccc3nonc3c2)[C@@H](C)CN1Cc1ccc(F)cc1. The van der Waals surface area contributed by atoms with Crippen LogP contribution < -0.4 is 0 Å². The summed E-state index contributed by atoms with van der Waals surface area (Å²) >= 11 is 0. The van der Waals surface area contributed by atoms with Gasteiger partial charge in [0.15, 0.2) is 0 Å². The van der Waals surface area contributed by atoms with Gasteiger partial charge < -0.3 is 4.90 Å². The van der Waals surface area contributed by atoms with Gasteiger partial charge in [-0.25, -0.2) is 9.02 Å². The van der Waals surface area contributed by atoms with Crippen molar-refractivity contribution >= 4 is 23.0 Å². The molecule has 2 atom stereocenters. The van der Waals surface area contributed by atoms with Gasteiger partial charge in [-0.3, -0.25) is 9.69 Å². The van der Waals surface area contributed by atoms with Gasteiger partial charge in [0.25, 0.3) is 0 Å². The van der Waals surface area contributed by atoms with Crippen molar-refractivity contribution in [3.05, 3.63) is 65.5 Å². The number of hydrogen-bond donors (Lipinski definition) is 0. The molecule has 6 nitrogen and oxygen atoms in total. The summed E-state index contributed by atoms with van der Waals surface area (Å²) in [6.07, 6.45) is 3.40. The fourth-order valence-electron chi connectivity index (χ4n) is 3.72. The van der Waals surface area contributed by atoms with Crippen LogP contribution in [0.3, 0.4) is 0 Å². The van der Waals surface area contributed by atoms with Crippen molar-refractivity contribution in [2.45, 2.75) is 32.5 Å². The van der Waals surface area contributed by atoms with E-state index in [0.717, 1.165) is 24.2 Å². The van der Waals surface area contributed by atoms with Crippen molar-refractivity contribution in [2.75, 3.05) is 13.1 Å². The maximum absolute atomic E-state index is 13.1. The van der Waals surface area contributed by atoms with Gasteiger partial charge in [0, 0.05) is 37.8 Å². The number of carbonyl (C=O) groups excluding carboxylic acids is 1. The first-order chi connectivity index (χ1) is 14.0. The fourth-order valence-corrected chi connectivity index (χ4v) is 3.72. The molecular formula is C22H23FN4O2. The van der Waals surface area contributed by atoms with Crippen molar-refractivity contribution in [1.29, 1.82) is 0 Å². The van der Waals surface area contributed by atoms with Crippen LogP contribution in [-0.2, 0) is 11.3 Å². The summed E-state index contributed by atoms with van der Waals surface area (Å²) < 4.78 is 17.8. The van der Waals surface area contributed by atoms with Crippen LogP contribution in [0.5, 0.6) is 0 Å². The van der Waals surface area contributed by atoms with Gasteiger partial charge in [-0.15, -0.1) is 0 Å². The van der Waals surface area contributed by atoms with Gasteiger partial charge in [0.2, 0.25) is 5.91 Å². The molecular weight excluding hydrogens is 371 g/mol. The van der Waals surface area contributed by atoms with Crippen molar-refractivity contribution in [2.24, 2.45) is 0 Å². The van der Waals surface area contributed by atoms with E-state index in [2.05, 4.69) is 29.1 Å². The van der Waals surface area contributed by atoms with Crippen LogP contribution in [0.2, 0.25) is 0 Å². The number of halogens is 1. The zero-order valence-electron chi connectivity index (χ0n) is 16.5. The number of piperazine rings is 1. The standard InChI is InChI=1S/C22H23FN4O2/c1-15-13-27(16(2)12-26(15)14-18-3-7-19(23)8-4-18)22(28)10-6-17-5-9-20-21(11-17)25-29-24-20/h3-11,15-16H,12-14H2,1-2H3/b10-6+/t15-,16+/m1/s1. The van der Waals surface area contributed by atoms with E-state index in [1.54, 1.807) is 12.2 Å². The van der Waals surface area contributed by atoms with E-state index in [4.69, 9.17) is 4.63 Å². The van der Waals surface area contributed by atoms with E-state index in [1.165, 1.54) is 12.1 Å². The first-order valence-corrected chi connectivity index (χ1v) is 9.69. The third-order valence-corrected chi connectivity index (χ3v) is 5.39. The Morgan fingerprint density at radius 3 is 2.66 bits per heavy atom. The molecule has 0 unspecified atom stereocenters. The Bertz CT molecular complexity index is 1030. The molecule has 29 heavy (non-hydrogen) atoms. The Morgan fingerprint density at radius 1 is 1.10 bits per heavy atom. The van der Waals surface area contributed by atoms with Crippen LogP contribution in [0.15, 0.2) is 53.2 Å². The molecule has 2 aromatic carbocycles. The summed E-state index contributed by atoms with van der Waals surface area (Å²) in [7, 11) is 0. The molecule has 1 saturated heterocycles. The summed E-state index contributed by atoms with van der Waals surface area (Å²) in [6.45, 7) is 6.34. The minimum atomic E-state index is -0.226. The summed E-state index contributed by atoms with van der Waals surface area (Å²) in [5.41, 5.74) is 3.30. The van der Waals surface area contributed by atoms with E-state index in [9.17, 15) is 9.18 Å². The fraction of sp³-hybridized carbons (Fsp3) is 0.318. The number of nitrogens with zero attached hydrogens (tertiary/aromatic N) is 4. The molecule has 1 aromatic heterocycles. The van der Waals surface area contributed by atoms with E-state index >= 15 is 0 Å². The van der Waals surface area contributed by atoms with Crippen molar-refractivity contribution in [3.63, 3.8) is 0 Å². The minimum Gasteiger partial charge on any atom is -0.334 e. The summed E-state index contributed by atoms with van der Waals surface area (Å²) in [4.78, 5) is 17.0. The molecule has 150 valence electrons. The molecule has 0 N–H and O–H groups in total. The zero-order valence-corrected chi connectivity index (χ0v) is 16.5. The second kappa shape index (κ2) is 8.13. The van der Waals surface area contributed by atoms with Crippen LogP contribution in [0.4, 0.5) is 4.39 Å². The lowest BCUT2D eigenvalue weighted by atomic mass is 10.1. The predicted octanol–water partition coefficient (Wildman–Crippen LogP) is 3.50. The zero-order chi connectivity index (χ0) is 20.4. The highest BCUT2D eigenvalue weighted by Gasteiger charge is 2.30. The number of amides is 1. The number of fused-ring (bicyclic) bond motifs is 1. The molecule has 4 rings (SSSR count). The summed E-state index contributed by atoms with van der Waals surface area (Å²) in [5, 5.41) is 7.60. The third-order valence-electron chi connectivity index (χ3n) is 5.39. The first-order valence-electron chi connectivity index (χ1n) is 9.69. The number of benzene rings is 2. The molecule has 1 aliphatic rings. The first kappa shape index (κ1) is 19.3. The number of carbonyl (C=O) groups is 1. The number of rotatable bonds is 4. The smallest absolute Gasteiger partial charge is 0.246 e. The van der Waals surface area contributed by atoms with Crippen LogP contribution in [0, 0.1) is 5.82 Å². The topological polar surface area (TPSA) is 62.5 Å². The quantitative estimate of drug-likeness (QED) is 0.634. The van der Waals surface area contributed by atoms with Crippen molar-refractivity contribution < 1.29 is 13.8 Å². The monoisotopic (exact) mass is 394 g/mol. The second-order valence-corrected chi connectivity index (χ2v) is 7.59. The molecule has 7 heteroatoms. The Balaban J connectivity index is 1.39. The Labute approximate surface area is 168 Å². The predicted molar refractivity (Wildman–Crippen MR) is 108 cm³/mol. The van der Waals surface area contributed by atoms with Gasteiger partial charge >= 0.3 is 0 Å². The lowest BCUT2D eigenvalue weighted by Gasteiger charge is -2.44. The van der Waals surface area contributed by atoms with Gasteiger partial charge in [-0.1, -0.05) is 18.2 Å². The molecule has 0 saturated carbocycles. The second-order valence-electron chi connectivity index (χ2n) is 7.59. The van der Waals surface area contributed by atoms with E-state index in [-0.39, 0.29) is 23.8 Å². The van der Waals surface area contributed by atoms with Crippen LogP contribution in [0.1, 0.15) is 25.0 Å². The van der Waals surface area contributed by atoms with Gasteiger partial charge in [-0.2, -0.15) is 0 Å². The number of hydrogen-bond acceptors (Lipinski definition) is 5. The number of aromatic nitrogens is 2. The average Bonchev–Trinajstić information content (AvgIpc) is 3.18. The minimum absolute atomic E-state index is 0.0100. The Hall–Kier alpha value is -3.06. The molecule has 1 aliphatic heterocycles. The van der Waals surface area contributed by atoms with E-state index in [1.807, 2.05) is 35.2 Å². The van der Waals surface area contributed by atoms with Crippen molar-refractivity contribution in [1.82, 2.24) is 20.1 Å². The normalized spacial score (nSPS) is 20.6. The lowest BCUT2D eigenvalue weighted by molar-refractivity contribution is -0.131. The van der Waals surface area contributed by atoms with E-state index < -0.39 is 0 Å². The Kier molecular flexibility index (Phi) is 5.40. The highest BCUT2D eigenvalue weighted by Crippen LogP contribution is 2.19. The van der Waals surface area contributed by atoms with Crippen LogP contribution >= 0.6 is 0 Å². The van der Waals surface area contributed by atoms with Gasteiger partial charge in [0.1, 0.15) is 16.9 Å². The molecule has 2 heterocycles. The van der Waals surface area contributed by atoms with Gasteiger partial charge in [-0.05, 0) is 65.6 Å². The summed E-state index contributed by atoms with van der Waals surface area (Å²) in [5.74, 6) is -0.236. The molecule has 3 aromatic rings. The van der Waals surface area contributed by atoms with Gasteiger partial charge in [0.05, 0.1) is 0 Å². The van der Waals surface area contributed by atoms with E-state index in [0.29, 0.717) is 17.6 Å². The maximum Gasteiger partial charge on any atom is 0.246 e. The molecule has 1 amide bonds. The molecule has 0 spiro atoms. The third kappa shape index (κ3) is 4.35. The molecule has 0 bridgehead atoms. The molecule has 0 radical (unpaired) electrons. The maximum atomic E-state index is 13.1. The molecule has 0 aliphatic carbocycles. The highest BCUT2D eigenvalue weighted by atomic mass is 19.1. The van der Waals surface area contributed by atoms with Crippen LogP contribution in [-0.4, -0.2) is 51.2 Å². The van der Waals surface area contributed by atoms with Crippen LogP contribution in [0.25, 0.3) is 17.1 Å². The Morgan fingerprint density at radius 2 is 1.86 bits per heavy atom. The molecule has 1 fully saturated rings. The lowest BCUT2D eigenvalue weighted by Crippen LogP contribution is -2.57. The average molecular weight is 394 g/mol.